The monoisotopic (exact) mass is 328 g/mol. The number of benzene rings is 1. The van der Waals surface area contributed by atoms with Crippen LogP contribution in [0.1, 0.15) is 13.8 Å². The van der Waals surface area contributed by atoms with Gasteiger partial charge >= 0.3 is 6.03 Å². The van der Waals surface area contributed by atoms with Gasteiger partial charge in [0.15, 0.2) is 9.84 Å². The van der Waals surface area contributed by atoms with Crippen LogP contribution in [-0.4, -0.2) is 49.2 Å². The Hall–Kier alpha value is -1.21. The zero-order valence-electron chi connectivity index (χ0n) is 12.2. The first-order chi connectivity index (χ1) is 9.87. The number of para-hydroxylation sites is 1. The molecule has 1 aromatic rings. The molecule has 1 aromatic carbocycles. The van der Waals surface area contributed by atoms with E-state index in [1.165, 1.54) is 0 Å². The predicted molar refractivity (Wildman–Crippen MR) is 86.7 cm³/mol. The number of rotatable bonds is 3. The Bertz CT molecular complexity index is 600. The van der Waals surface area contributed by atoms with Crippen LogP contribution in [-0.2, 0) is 9.84 Å². The highest BCUT2D eigenvalue weighted by Crippen LogP contribution is 2.30. The molecular weight excluding hydrogens is 308 g/mol. The summed E-state index contributed by atoms with van der Waals surface area (Å²) in [5.41, 5.74) is 0.773. The van der Waals surface area contributed by atoms with Crippen molar-refractivity contribution >= 4 is 33.3 Å². The van der Waals surface area contributed by atoms with Gasteiger partial charge in [-0.15, -0.1) is 11.8 Å². The van der Waals surface area contributed by atoms with Crippen molar-refractivity contribution in [3.63, 3.8) is 0 Å². The number of hydrogen-bond donors (Lipinski definition) is 1. The van der Waals surface area contributed by atoms with E-state index >= 15 is 0 Å². The zero-order chi connectivity index (χ0) is 15.5. The highest BCUT2D eigenvalue weighted by molar-refractivity contribution is 8.00. The third-order valence-electron chi connectivity index (χ3n) is 3.12. The first kappa shape index (κ1) is 16.2. The van der Waals surface area contributed by atoms with Crippen molar-refractivity contribution in [2.75, 3.05) is 29.9 Å². The molecule has 0 bridgehead atoms. The van der Waals surface area contributed by atoms with Crippen molar-refractivity contribution < 1.29 is 13.2 Å². The fourth-order valence-corrected chi connectivity index (χ4v) is 4.15. The molecule has 1 N–H and O–H groups in total. The molecule has 0 spiro atoms. The molecule has 21 heavy (non-hydrogen) atoms. The molecule has 116 valence electrons. The molecule has 0 radical (unpaired) electrons. The van der Waals surface area contributed by atoms with Crippen molar-refractivity contribution in [2.45, 2.75) is 24.0 Å². The van der Waals surface area contributed by atoms with Gasteiger partial charge in [0.05, 0.1) is 17.2 Å². The van der Waals surface area contributed by atoms with E-state index in [0.717, 1.165) is 10.6 Å². The van der Waals surface area contributed by atoms with E-state index in [9.17, 15) is 13.2 Å². The predicted octanol–water partition coefficient (Wildman–Crippen LogP) is 2.45. The van der Waals surface area contributed by atoms with Gasteiger partial charge in [-0.1, -0.05) is 26.0 Å². The number of urea groups is 1. The smallest absolute Gasteiger partial charge is 0.321 e. The number of sulfone groups is 1. The molecule has 0 atom stereocenters. The van der Waals surface area contributed by atoms with Crippen LogP contribution in [0.5, 0.6) is 0 Å². The maximum absolute atomic E-state index is 12.2. The summed E-state index contributed by atoms with van der Waals surface area (Å²) in [5.74, 6) is 0.0889. The van der Waals surface area contributed by atoms with E-state index in [1.807, 2.05) is 24.3 Å². The number of carbonyl (C=O) groups is 1. The number of nitrogens with zero attached hydrogens (tertiary/aromatic N) is 1. The minimum atomic E-state index is -2.97. The molecule has 2 amide bonds. The highest BCUT2D eigenvalue weighted by atomic mass is 32.2. The van der Waals surface area contributed by atoms with E-state index in [1.54, 1.807) is 16.7 Å². The minimum Gasteiger partial charge on any atom is -0.322 e. The van der Waals surface area contributed by atoms with Crippen LogP contribution in [0.25, 0.3) is 0 Å². The molecule has 1 fully saturated rings. The van der Waals surface area contributed by atoms with Crippen LogP contribution in [0.3, 0.4) is 0 Å². The summed E-state index contributed by atoms with van der Waals surface area (Å²) in [6.45, 7) is 4.71. The fraction of sp³-hybridized carbons (Fsp3) is 0.500. The van der Waals surface area contributed by atoms with Crippen LogP contribution in [0.2, 0.25) is 0 Å². The van der Waals surface area contributed by atoms with Gasteiger partial charge in [0.2, 0.25) is 0 Å². The third kappa shape index (κ3) is 4.64. The lowest BCUT2D eigenvalue weighted by molar-refractivity contribution is 0.216. The van der Waals surface area contributed by atoms with Crippen molar-refractivity contribution in [1.82, 2.24) is 4.90 Å². The molecular formula is C14H20N2O3S2. The number of thioether (sulfide) groups is 1. The van der Waals surface area contributed by atoms with E-state index in [2.05, 4.69) is 19.2 Å². The summed E-state index contributed by atoms with van der Waals surface area (Å²) in [7, 11) is -2.97. The van der Waals surface area contributed by atoms with Crippen molar-refractivity contribution in [2.24, 2.45) is 0 Å². The molecule has 1 aliphatic rings. The first-order valence-electron chi connectivity index (χ1n) is 6.89. The van der Waals surface area contributed by atoms with Crippen LogP contribution < -0.4 is 5.32 Å². The average Bonchev–Trinajstić information content (AvgIpc) is 2.40. The van der Waals surface area contributed by atoms with Crippen molar-refractivity contribution in [3.05, 3.63) is 24.3 Å². The fourth-order valence-electron chi connectivity index (χ4n) is 2.04. The van der Waals surface area contributed by atoms with Crippen molar-refractivity contribution in [1.29, 1.82) is 0 Å². The Balaban J connectivity index is 2.03. The van der Waals surface area contributed by atoms with Gasteiger partial charge in [0.1, 0.15) is 0 Å². The third-order valence-corrected chi connectivity index (χ3v) is 5.81. The van der Waals surface area contributed by atoms with Crippen LogP contribution in [0, 0.1) is 0 Å². The summed E-state index contributed by atoms with van der Waals surface area (Å²) in [4.78, 5) is 14.8. The Morgan fingerprint density at radius 3 is 2.48 bits per heavy atom. The lowest BCUT2D eigenvalue weighted by Gasteiger charge is -2.27. The van der Waals surface area contributed by atoms with Crippen LogP contribution in [0.4, 0.5) is 10.5 Å². The average molecular weight is 328 g/mol. The Morgan fingerprint density at radius 2 is 1.86 bits per heavy atom. The second kappa shape index (κ2) is 6.70. The van der Waals surface area contributed by atoms with Gasteiger partial charge in [-0.05, 0) is 12.1 Å². The highest BCUT2D eigenvalue weighted by Gasteiger charge is 2.25. The molecule has 7 heteroatoms. The molecule has 2 rings (SSSR count). The molecule has 0 saturated carbocycles. The molecule has 0 unspecified atom stereocenters. The summed E-state index contributed by atoms with van der Waals surface area (Å²) < 4.78 is 22.8. The number of anilines is 1. The quantitative estimate of drug-likeness (QED) is 0.866. The van der Waals surface area contributed by atoms with E-state index in [4.69, 9.17) is 0 Å². The molecule has 1 aliphatic heterocycles. The van der Waals surface area contributed by atoms with Gasteiger partial charge in [-0.2, -0.15) is 0 Å². The normalized spacial score (nSPS) is 17.8. The first-order valence-corrected chi connectivity index (χ1v) is 9.59. The molecule has 0 aromatic heterocycles. The Morgan fingerprint density at radius 1 is 1.24 bits per heavy atom. The number of nitrogens with one attached hydrogen (secondary N) is 1. The Kier molecular flexibility index (Phi) is 5.16. The van der Waals surface area contributed by atoms with Gasteiger partial charge in [0.25, 0.3) is 0 Å². The lowest BCUT2D eigenvalue weighted by Crippen LogP contribution is -2.45. The summed E-state index contributed by atoms with van der Waals surface area (Å²) in [6.07, 6.45) is 0. The van der Waals surface area contributed by atoms with Gasteiger partial charge < -0.3 is 10.2 Å². The molecule has 5 nitrogen and oxygen atoms in total. The summed E-state index contributed by atoms with van der Waals surface area (Å²) in [6, 6.07) is 7.42. The zero-order valence-corrected chi connectivity index (χ0v) is 13.8. The number of amides is 2. The number of hydrogen-bond acceptors (Lipinski definition) is 4. The minimum absolute atomic E-state index is 0.0445. The van der Waals surface area contributed by atoms with E-state index in [-0.39, 0.29) is 30.6 Å². The topological polar surface area (TPSA) is 66.5 Å². The second-order valence-electron chi connectivity index (χ2n) is 5.23. The van der Waals surface area contributed by atoms with Gasteiger partial charge in [-0.3, -0.25) is 0 Å². The maximum Gasteiger partial charge on any atom is 0.321 e. The maximum atomic E-state index is 12.2. The standard InChI is InChI=1S/C14H20N2O3S2/c1-11(2)20-13-6-4-3-5-12(13)15-14(17)16-7-9-21(18,19)10-8-16/h3-6,11H,7-10H2,1-2H3,(H,15,17). The van der Waals surface area contributed by atoms with Crippen LogP contribution >= 0.6 is 11.8 Å². The molecule has 1 saturated heterocycles. The van der Waals surface area contributed by atoms with Crippen LogP contribution in [0.15, 0.2) is 29.2 Å². The SMILES string of the molecule is CC(C)Sc1ccccc1NC(=O)N1CCS(=O)(=O)CC1. The Labute approximate surface area is 130 Å². The number of carbonyl (C=O) groups excluding carboxylic acids is 1. The second-order valence-corrected chi connectivity index (χ2v) is 9.15. The van der Waals surface area contributed by atoms with Crippen molar-refractivity contribution in [3.8, 4) is 0 Å². The largest absolute Gasteiger partial charge is 0.322 e. The lowest BCUT2D eigenvalue weighted by atomic mass is 10.3. The summed E-state index contributed by atoms with van der Waals surface area (Å²) >= 11 is 1.68. The molecule has 1 heterocycles. The molecule has 0 aliphatic carbocycles. The van der Waals surface area contributed by atoms with E-state index in [0.29, 0.717) is 5.25 Å². The van der Waals surface area contributed by atoms with Gasteiger partial charge in [-0.25, -0.2) is 13.2 Å². The van der Waals surface area contributed by atoms with Gasteiger partial charge in [0, 0.05) is 23.2 Å². The van der Waals surface area contributed by atoms with E-state index < -0.39 is 9.84 Å². The summed E-state index contributed by atoms with van der Waals surface area (Å²) in [5, 5.41) is 3.30.